The fourth-order valence-electron chi connectivity index (χ4n) is 0.661. The van der Waals surface area contributed by atoms with Gasteiger partial charge < -0.3 is 16.0 Å². The zero-order valence-corrected chi connectivity index (χ0v) is 8.27. The van der Waals surface area contributed by atoms with Gasteiger partial charge in [0.2, 0.25) is 0 Å². The summed E-state index contributed by atoms with van der Waals surface area (Å²) < 4.78 is 0. The van der Waals surface area contributed by atoms with Crippen molar-refractivity contribution in [2.45, 2.75) is 32.9 Å². The van der Waals surface area contributed by atoms with Crippen molar-refractivity contribution >= 4 is 6.03 Å². The molecule has 0 saturated carbocycles. The third kappa shape index (κ3) is 5.97. The fourth-order valence-corrected chi connectivity index (χ4v) is 0.661. The zero-order chi connectivity index (χ0) is 9.56. The number of urea groups is 1. The Morgan fingerprint density at radius 1 is 1.33 bits per heavy atom. The first-order valence-corrected chi connectivity index (χ1v) is 4.28. The Morgan fingerprint density at radius 2 is 1.92 bits per heavy atom. The maximum absolute atomic E-state index is 11.0. The largest absolute Gasteiger partial charge is 0.337 e. The summed E-state index contributed by atoms with van der Waals surface area (Å²) in [4.78, 5) is 11.0. The van der Waals surface area contributed by atoms with Crippen molar-refractivity contribution in [2.75, 3.05) is 13.6 Å². The van der Waals surface area contributed by atoms with Crippen LogP contribution in [0.2, 0.25) is 0 Å². The van der Waals surface area contributed by atoms with Gasteiger partial charge in [-0.15, -0.1) is 0 Å². The zero-order valence-electron chi connectivity index (χ0n) is 8.27. The molecule has 0 aromatic carbocycles. The number of amides is 2. The first kappa shape index (κ1) is 11.2. The first-order valence-electron chi connectivity index (χ1n) is 4.28. The highest BCUT2D eigenvalue weighted by Crippen LogP contribution is 1.78. The van der Waals surface area contributed by atoms with Gasteiger partial charge in [0, 0.05) is 18.6 Å². The molecule has 72 valence electrons. The molecule has 1 unspecified atom stereocenters. The SMILES string of the molecule is CNC(C)CNC(=O)NC(C)C. The molecule has 0 radical (unpaired) electrons. The van der Waals surface area contributed by atoms with Crippen LogP contribution in [0.3, 0.4) is 0 Å². The Bertz CT molecular complexity index is 136. The second-order valence-corrected chi connectivity index (χ2v) is 3.20. The highest BCUT2D eigenvalue weighted by atomic mass is 16.2. The van der Waals surface area contributed by atoms with Crippen molar-refractivity contribution in [3.05, 3.63) is 0 Å². The second kappa shape index (κ2) is 5.83. The van der Waals surface area contributed by atoms with Gasteiger partial charge in [-0.3, -0.25) is 0 Å². The van der Waals surface area contributed by atoms with E-state index in [-0.39, 0.29) is 12.1 Å². The molecule has 0 rings (SSSR count). The number of hydrogen-bond acceptors (Lipinski definition) is 2. The minimum Gasteiger partial charge on any atom is -0.337 e. The molecule has 0 spiro atoms. The number of rotatable bonds is 4. The summed E-state index contributed by atoms with van der Waals surface area (Å²) in [5, 5.41) is 8.53. The van der Waals surface area contributed by atoms with E-state index >= 15 is 0 Å². The summed E-state index contributed by atoms with van der Waals surface area (Å²) in [6, 6.07) is 0.393. The van der Waals surface area contributed by atoms with Crippen molar-refractivity contribution in [1.29, 1.82) is 0 Å². The Labute approximate surface area is 74.1 Å². The average Bonchev–Trinajstić information content (AvgIpc) is 1.99. The number of carbonyl (C=O) groups is 1. The van der Waals surface area contributed by atoms with Crippen LogP contribution in [0.5, 0.6) is 0 Å². The highest BCUT2D eigenvalue weighted by Gasteiger charge is 2.03. The predicted molar refractivity (Wildman–Crippen MR) is 50.2 cm³/mol. The van der Waals surface area contributed by atoms with Gasteiger partial charge in [-0.2, -0.15) is 0 Å². The molecule has 0 fully saturated rings. The summed E-state index contributed by atoms with van der Waals surface area (Å²) in [6.45, 7) is 6.52. The van der Waals surface area contributed by atoms with E-state index in [0.717, 1.165) is 0 Å². The molecular formula is C8H19N3O. The molecule has 1 atom stereocenters. The van der Waals surface area contributed by atoms with Gasteiger partial charge in [-0.05, 0) is 27.8 Å². The summed E-state index contributed by atoms with van der Waals surface area (Å²) in [6.07, 6.45) is 0. The summed E-state index contributed by atoms with van der Waals surface area (Å²) in [7, 11) is 1.87. The molecule has 0 aliphatic heterocycles. The van der Waals surface area contributed by atoms with E-state index in [2.05, 4.69) is 16.0 Å². The summed E-state index contributed by atoms with van der Waals surface area (Å²) >= 11 is 0. The van der Waals surface area contributed by atoms with Crippen molar-refractivity contribution in [2.24, 2.45) is 0 Å². The van der Waals surface area contributed by atoms with Crippen LogP contribution in [-0.2, 0) is 0 Å². The smallest absolute Gasteiger partial charge is 0.315 e. The predicted octanol–water partition coefficient (Wildman–Crippen LogP) is 0.302. The monoisotopic (exact) mass is 173 g/mol. The normalized spacial score (nSPS) is 12.8. The molecule has 0 aromatic rings. The third-order valence-corrected chi connectivity index (χ3v) is 1.48. The molecule has 3 N–H and O–H groups in total. The lowest BCUT2D eigenvalue weighted by Crippen LogP contribution is -2.44. The van der Waals surface area contributed by atoms with Gasteiger partial charge in [0.25, 0.3) is 0 Å². The van der Waals surface area contributed by atoms with E-state index in [4.69, 9.17) is 0 Å². The molecule has 0 aliphatic carbocycles. The number of likely N-dealkylation sites (N-methyl/N-ethyl adjacent to an activating group) is 1. The molecule has 0 heterocycles. The standard InChI is InChI=1S/C8H19N3O/c1-6(2)11-8(12)10-5-7(3)9-4/h6-7,9H,5H2,1-4H3,(H2,10,11,12). The van der Waals surface area contributed by atoms with E-state index < -0.39 is 0 Å². The lowest BCUT2D eigenvalue weighted by Gasteiger charge is -2.13. The Hall–Kier alpha value is -0.770. The molecule has 0 aliphatic rings. The van der Waals surface area contributed by atoms with E-state index in [1.165, 1.54) is 0 Å². The van der Waals surface area contributed by atoms with Crippen molar-refractivity contribution in [3.63, 3.8) is 0 Å². The van der Waals surface area contributed by atoms with Crippen LogP contribution in [0.15, 0.2) is 0 Å². The maximum atomic E-state index is 11.0. The molecule has 4 heteroatoms. The minimum atomic E-state index is -0.105. The molecule has 4 nitrogen and oxygen atoms in total. The molecule has 0 aromatic heterocycles. The number of nitrogens with one attached hydrogen (secondary N) is 3. The quantitative estimate of drug-likeness (QED) is 0.573. The van der Waals surface area contributed by atoms with Crippen molar-refractivity contribution in [1.82, 2.24) is 16.0 Å². The second-order valence-electron chi connectivity index (χ2n) is 3.20. The van der Waals surface area contributed by atoms with Gasteiger partial charge >= 0.3 is 6.03 Å². The maximum Gasteiger partial charge on any atom is 0.315 e. The molecule has 2 amide bonds. The van der Waals surface area contributed by atoms with E-state index in [1.54, 1.807) is 0 Å². The van der Waals surface area contributed by atoms with E-state index in [9.17, 15) is 4.79 Å². The Balaban J connectivity index is 3.44. The van der Waals surface area contributed by atoms with Crippen LogP contribution >= 0.6 is 0 Å². The fraction of sp³-hybridized carbons (Fsp3) is 0.875. The Morgan fingerprint density at radius 3 is 2.33 bits per heavy atom. The third-order valence-electron chi connectivity index (χ3n) is 1.48. The van der Waals surface area contributed by atoms with Gasteiger partial charge in [0.05, 0.1) is 0 Å². The topological polar surface area (TPSA) is 53.2 Å². The van der Waals surface area contributed by atoms with Gasteiger partial charge in [0.1, 0.15) is 0 Å². The highest BCUT2D eigenvalue weighted by molar-refractivity contribution is 5.74. The van der Waals surface area contributed by atoms with Gasteiger partial charge in [-0.25, -0.2) is 4.79 Å². The molecule has 0 bridgehead atoms. The van der Waals surface area contributed by atoms with Crippen LogP contribution in [0, 0.1) is 0 Å². The van der Waals surface area contributed by atoms with Crippen LogP contribution in [-0.4, -0.2) is 31.7 Å². The van der Waals surface area contributed by atoms with Crippen LogP contribution in [0.1, 0.15) is 20.8 Å². The van der Waals surface area contributed by atoms with Crippen molar-refractivity contribution < 1.29 is 4.79 Å². The number of carbonyl (C=O) groups excluding carboxylic acids is 1. The molecule has 12 heavy (non-hydrogen) atoms. The van der Waals surface area contributed by atoms with Crippen molar-refractivity contribution in [3.8, 4) is 0 Å². The lowest BCUT2D eigenvalue weighted by atomic mass is 10.3. The minimum absolute atomic E-state index is 0.105. The lowest BCUT2D eigenvalue weighted by molar-refractivity contribution is 0.237. The van der Waals surface area contributed by atoms with E-state index in [0.29, 0.717) is 12.6 Å². The number of hydrogen-bond donors (Lipinski definition) is 3. The molecular weight excluding hydrogens is 154 g/mol. The first-order chi connectivity index (χ1) is 5.56. The van der Waals surface area contributed by atoms with Crippen LogP contribution in [0.4, 0.5) is 4.79 Å². The summed E-state index contributed by atoms with van der Waals surface area (Å²) in [5.41, 5.74) is 0. The van der Waals surface area contributed by atoms with Crippen LogP contribution in [0.25, 0.3) is 0 Å². The average molecular weight is 173 g/mol. The molecule has 0 saturated heterocycles. The Kier molecular flexibility index (Phi) is 5.45. The van der Waals surface area contributed by atoms with Crippen LogP contribution < -0.4 is 16.0 Å². The van der Waals surface area contributed by atoms with E-state index in [1.807, 2.05) is 27.8 Å². The summed E-state index contributed by atoms with van der Waals surface area (Å²) in [5.74, 6) is 0. The van der Waals surface area contributed by atoms with Gasteiger partial charge in [-0.1, -0.05) is 0 Å². The van der Waals surface area contributed by atoms with Gasteiger partial charge in [0.15, 0.2) is 0 Å².